The molecular formula is C9H13N3O3. The molecule has 1 atom stereocenters. The van der Waals surface area contributed by atoms with Crippen molar-refractivity contribution in [3.05, 3.63) is 11.8 Å². The van der Waals surface area contributed by atoms with E-state index < -0.39 is 6.09 Å². The third kappa shape index (κ3) is 1.93. The smallest absolute Gasteiger partial charge is 0.407 e. The molecule has 1 N–H and O–H groups in total. The highest BCUT2D eigenvalue weighted by Crippen LogP contribution is 2.29. The van der Waals surface area contributed by atoms with Crippen molar-refractivity contribution < 1.29 is 14.3 Å². The second kappa shape index (κ2) is 3.88. The molecule has 6 nitrogen and oxygen atoms in total. The van der Waals surface area contributed by atoms with Gasteiger partial charge in [0.25, 0.3) is 0 Å². The van der Waals surface area contributed by atoms with E-state index in [9.17, 15) is 4.79 Å². The summed E-state index contributed by atoms with van der Waals surface area (Å²) in [5.74, 6) is 0.885. The van der Waals surface area contributed by atoms with Crippen LogP contribution in [0.1, 0.15) is 37.1 Å². The van der Waals surface area contributed by atoms with Gasteiger partial charge in [-0.05, 0) is 19.3 Å². The number of rotatable bonds is 1. The van der Waals surface area contributed by atoms with Gasteiger partial charge in [0.05, 0.1) is 0 Å². The Morgan fingerprint density at radius 2 is 2.33 bits per heavy atom. The second-order valence-corrected chi connectivity index (χ2v) is 3.65. The number of carbonyl (C=O) groups is 1. The third-order valence-corrected chi connectivity index (χ3v) is 2.58. The van der Waals surface area contributed by atoms with Crippen molar-refractivity contribution in [3.63, 3.8) is 0 Å². The van der Waals surface area contributed by atoms with Crippen molar-refractivity contribution in [1.82, 2.24) is 15.1 Å². The van der Waals surface area contributed by atoms with E-state index in [2.05, 4.69) is 10.2 Å². The van der Waals surface area contributed by atoms with Gasteiger partial charge in [-0.25, -0.2) is 4.79 Å². The summed E-state index contributed by atoms with van der Waals surface area (Å²) < 4.78 is 5.28. The maximum Gasteiger partial charge on any atom is 0.407 e. The molecule has 0 radical (unpaired) electrons. The van der Waals surface area contributed by atoms with E-state index in [0.717, 1.165) is 19.3 Å². The molecule has 0 bridgehead atoms. The highest BCUT2D eigenvalue weighted by atomic mass is 16.4. The van der Waals surface area contributed by atoms with E-state index in [-0.39, 0.29) is 6.04 Å². The minimum atomic E-state index is -0.921. The summed E-state index contributed by atoms with van der Waals surface area (Å²) in [7, 11) is 0. The summed E-state index contributed by atoms with van der Waals surface area (Å²) in [6.45, 7) is 2.24. The van der Waals surface area contributed by atoms with Gasteiger partial charge in [0, 0.05) is 13.5 Å². The van der Waals surface area contributed by atoms with Crippen LogP contribution in [-0.4, -0.2) is 32.8 Å². The molecular weight excluding hydrogens is 198 g/mol. The van der Waals surface area contributed by atoms with Crippen molar-refractivity contribution in [1.29, 1.82) is 0 Å². The fourth-order valence-corrected chi connectivity index (χ4v) is 1.86. The minimum absolute atomic E-state index is 0.266. The molecule has 15 heavy (non-hydrogen) atoms. The standard InChI is InChI=1S/C9H13N3O3/c1-6-10-11-8(15-6)7-4-2-3-5-12(7)9(13)14/h7H,2-5H2,1H3,(H,13,14). The average molecular weight is 211 g/mol. The van der Waals surface area contributed by atoms with Crippen molar-refractivity contribution in [2.24, 2.45) is 0 Å². The molecule has 2 rings (SSSR count). The van der Waals surface area contributed by atoms with E-state index in [1.54, 1.807) is 6.92 Å². The third-order valence-electron chi connectivity index (χ3n) is 2.58. The lowest BCUT2D eigenvalue weighted by atomic mass is 10.0. The quantitative estimate of drug-likeness (QED) is 0.762. The lowest BCUT2D eigenvalue weighted by molar-refractivity contribution is 0.0957. The van der Waals surface area contributed by atoms with Crippen LogP contribution >= 0.6 is 0 Å². The van der Waals surface area contributed by atoms with Gasteiger partial charge in [0.2, 0.25) is 11.8 Å². The fraction of sp³-hybridized carbons (Fsp3) is 0.667. The number of carboxylic acid groups (broad SMARTS) is 1. The van der Waals surface area contributed by atoms with Gasteiger partial charge in [-0.1, -0.05) is 0 Å². The van der Waals surface area contributed by atoms with E-state index in [1.807, 2.05) is 0 Å². The van der Waals surface area contributed by atoms with Crippen LogP contribution in [0.25, 0.3) is 0 Å². The Hall–Kier alpha value is -1.59. The highest BCUT2D eigenvalue weighted by molar-refractivity contribution is 5.65. The van der Waals surface area contributed by atoms with Crippen molar-refractivity contribution in [2.75, 3.05) is 6.54 Å². The first-order chi connectivity index (χ1) is 7.18. The molecule has 0 saturated carbocycles. The Morgan fingerprint density at radius 3 is 2.93 bits per heavy atom. The molecule has 1 aromatic rings. The van der Waals surface area contributed by atoms with Crippen LogP contribution in [0.4, 0.5) is 4.79 Å². The Morgan fingerprint density at radius 1 is 1.53 bits per heavy atom. The Balaban J connectivity index is 2.21. The summed E-state index contributed by atoms with van der Waals surface area (Å²) in [6.07, 6.45) is 1.73. The van der Waals surface area contributed by atoms with Crippen molar-refractivity contribution >= 4 is 6.09 Å². The number of likely N-dealkylation sites (tertiary alicyclic amines) is 1. The summed E-state index contributed by atoms with van der Waals surface area (Å²) >= 11 is 0. The summed E-state index contributed by atoms with van der Waals surface area (Å²) in [6, 6.07) is -0.266. The predicted molar refractivity (Wildman–Crippen MR) is 50.4 cm³/mol. The van der Waals surface area contributed by atoms with Crippen molar-refractivity contribution in [2.45, 2.75) is 32.2 Å². The number of hydrogen-bond donors (Lipinski definition) is 1. The van der Waals surface area contributed by atoms with Gasteiger partial charge in [-0.15, -0.1) is 10.2 Å². The molecule has 1 saturated heterocycles. The van der Waals surface area contributed by atoms with E-state index >= 15 is 0 Å². The Bertz CT molecular complexity index is 363. The number of piperidine rings is 1. The van der Waals surface area contributed by atoms with E-state index in [0.29, 0.717) is 18.3 Å². The molecule has 0 aromatic carbocycles. The largest absolute Gasteiger partial charge is 0.465 e. The monoisotopic (exact) mass is 211 g/mol. The van der Waals surface area contributed by atoms with Gasteiger partial charge in [-0.2, -0.15) is 0 Å². The van der Waals surface area contributed by atoms with Gasteiger partial charge in [0.15, 0.2) is 0 Å². The lowest BCUT2D eigenvalue weighted by Gasteiger charge is -2.30. The van der Waals surface area contributed by atoms with E-state index in [4.69, 9.17) is 9.52 Å². The van der Waals surface area contributed by atoms with Crippen LogP contribution in [0.2, 0.25) is 0 Å². The minimum Gasteiger partial charge on any atom is -0.465 e. The molecule has 6 heteroatoms. The topological polar surface area (TPSA) is 79.5 Å². The molecule has 0 aliphatic carbocycles. The maximum atomic E-state index is 11.0. The molecule has 2 heterocycles. The molecule has 1 fully saturated rings. The molecule has 1 aliphatic heterocycles. The number of hydrogen-bond acceptors (Lipinski definition) is 4. The number of nitrogens with zero attached hydrogens (tertiary/aromatic N) is 3. The first kappa shape index (κ1) is 9.95. The van der Waals surface area contributed by atoms with E-state index in [1.165, 1.54) is 4.90 Å². The van der Waals surface area contributed by atoms with Crippen LogP contribution in [0, 0.1) is 6.92 Å². The zero-order chi connectivity index (χ0) is 10.8. The Labute approximate surface area is 86.9 Å². The second-order valence-electron chi connectivity index (χ2n) is 3.65. The van der Waals surface area contributed by atoms with Crippen molar-refractivity contribution in [3.8, 4) is 0 Å². The van der Waals surface area contributed by atoms with Gasteiger partial charge < -0.3 is 9.52 Å². The van der Waals surface area contributed by atoms with Gasteiger partial charge in [-0.3, -0.25) is 4.90 Å². The Kier molecular flexibility index (Phi) is 2.57. The molecule has 1 amide bonds. The van der Waals surface area contributed by atoms with Gasteiger partial charge in [0.1, 0.15) is 6.04 Å². The average Bonchev–Trinajstić information content (AvgIpc) is 2.65. The zero-order valence-corrected chi connectivity index (χ0v) is 8.51. The highest BCUT2D eigenvalue weighted by Gasteiger charge is 2.31. The zero-order valence-electron chi connectivity index (χ0n) is 8.51. The summed E-state index contributed by atoms with van der Waals surface area (Å²) in [5.41, 5.74) is 0. The molecule has 0 spiro atoms. The van der Waals surface area contributed by atoms with Crippen LogP contribution in [0.5, 0.6) is 0 Å². The number of aromatic nitrogens is 2. The lowest BCUT2D eigenvalue weighted by Crippen LogP contribution is -2.37. The number of aryl methyl sites for hydroxylation is 1. The summed E-state index contributed by atoms with van der Waals surface area (Å²) in [5, 5.41) is 16.6. The molecule has 82 valence electrons. The van der Waals surface area contributed by atoms with Crippen LogP contribution < -0.4 is 0 Å². The predicted octanol–water partition coefficient (Wildman–Crippen LogP) is 1.58. The SMILES string of the molecule is Cc1nnc(C2CCCCN2C(=O)O)o1. The molecule has 1 aromatic heterocycles. The van der Waals surface area contributed by atoms with Gasteiger partial charge >= 0.3 is 6.09 Å². The first-order valence-electron chi connectivity index (χ1n) is 4.98. The van der Waals surface area contributed by atoms with Crippen LogP contribution in [-0.2, 0) is 0 Å². The fourth-order valence-electron chi connectivity index (χ4n) is 1.86. The van der Waals surface area contributed by atoms with Crippen LogP contribution in [0.3, 0.4) is 0 Å². The number of amides is 1. The molecule has 1 aliphatic rings. The van der Waals surface area contributed by atoms with Crippen LogP contribution in [0.15, 0.2) is 4.42 Å². The normalized spacial score (nSPS) is 21.7. The first-order valence-corrected chi connectivity index (χ1v) is 4.98. The summed E-state index contributed by atoms with van der Waals surface area (Å²) in [4.78, 5) is 12.4. The maximum absolute atomic E-state index is 11.0. The molecule has 1 unspecified atom stereocenters.